The van der Waals surface area contributed by atoms with Crippen molar-refractivity contribution in [3.63, 3.8) is 0 Å². The van der Waals surface area contributed by atoms with Crippen molar-refractivity contribution in [2.75, 3.05) is 12.4 Å². The normalized spacial score (nSPS) is 11.2. The average molecular weight is 258 g/mol. The summed E-state index contributed by atoms with van der Waals surface area (Å²) in [4.78, 5) is 11.7. The lowest BCUT2D eigenvalue weighted by Gasteiger charge is -2.21. The average Bonchev–Trinajstić information content (AvgIpc) is 2.26. The highest BCUT2D eigenvalue weighted by Gasteiger charge is 2.19. The lowest BCUT2D eigenvalue weighted by Crippen LogP contribution is -2.35. The maximum absolute atomic E-state index is 11.7. The lowest BCUT2D eigenvalue weighted by atomic mass is 9.96. The molecular formula is C12H16ClNO3. The van der Waals surface area contributed by atoms with Gasteiger partial charge in [0, 0.05) is 18.5 Å². The minimum atomic E-state index is -0.388. The smallest absolute Gasteiger partial charge is 0.255 e. The molecule has 0 unspecified atom stereocenters. The van der Waals surface area contributed by atoms with Gasteiger partial charge in [-0.2, -0.15) is 0 Å². The molecule has 5 heteroatoms. The van der Waals surface area contributed by atoms with E-state index in [4.69, 9.17) is 16.7 Å². The van der Waals surface area contributed by atoms with E-state index in [1.165, 1.54) is 12.1 Å². The van der Waals surface area contributed by atoms with Crippen LogP contribution in [0.15, 0.2) is 18.2 Å². The molecule has 94 valence electrons. The van der Waals surface area contributed by atoms with Gasteiger partial charge in [0.2, 0.25) is 0 Å². The molecule has 0 saturated carbocycles. The summed E-state index contributed by atoms with van der Waals surface area (Å²) in [5, 5.41) is 21.3. The van der Waals surface area contributed by atoms with Gasteiger partial charge < -0.3 is 15.5 Å². The number of amides is 1. The first-order chi connectivity index (χ1) is 7.85. The maximum Gasteiger partial charge on any atom is 0.255 e. The highest BCUT2D eigenvalue weighted by atomic mass is 35.5. The number of carbonyl (C=O) groups is 1. The first-order valence-corrected chi connectivity index (χ1v) is 5.75. The predicted molar refractivity (Wildman–Crippen MR) is 66.6 cm³/mol. The maximum atomic E-state index is 11.7. The zero-order chi connectivity index (χ0) is 13.1. The molecule has 3 N–H and O–H groups in total. The quantitative estimate of drug-likeness (QED) is 0.724. The first-order valence-electron chi connectivity index (χ1n) is 5.22. The third kappa shape index (κ3) is 3.82. The molecule has 0 aromatic heterocycles. The highest BCUT2D eigenvalue weighted by molar-refractivity contribution is 6.18. The number of nitrogens with one attached hydrogen (secondary N) is 1. The van der Waals surface area contributed by atoms with Crippen LogP contribution in [-0.4, -0.2) is 28.5 Å². The predicted octanol–water partition coefficient (Wildman–Crippen LogP) is 2.09. The van der Waals surface area contributed by atoms with E-state index in [1.807, 2.05) is 13.8 Å². The van der Waals surface area contributed by atoms with E-state index in [-0.39, 0.29) is 28.4 Å². The van der Waals surface area contributed by atoms with E-state index < -0.39 is 0 Å². The van der Waals surface area contributed by atoms with Crippen molar-refractivity contribution in [2.24, 2.45) is 5.41 Å². The zero-order valence-corrected chi connectivity index (χ0v) is 10.6. The van der Waals surface area contributed by atoms with Gasteiger partial charge in [0.15, 0.2) is 0 Å². The number of phenolic OH excluding ortho intramolecular Hbond substituents is 2. The summed E-state index contributed by atoms with van der Waals surface area (Å²) in [6.45, 7) is 4.27. The van der Waals surface area contributed by atoms with Crippen LogP contribution in [0, 0.1) is 5.41 Å². The van der Waals surface area contributed by atoms with Crippen LogP contribution in [0.2, 0.25) is 0 Å². The molecule has 4 nitrogen and oxygen atoms in total. The topological polar surface area (TPSA) is 69.6 Å². The largest absolute Gasteiger partial charge is 0.508 e. The molecule has 1 aromatic carbocycles. The van der Waals surface area contributed by atoms with Crippen molar-refractivity contribution in [3.8, 4) is 11.5 Å². The van der Waals surface area contributed by atoms with Gasteiger partial charge in [-0.25, -0.2) is 0 Å². The summed E-state index contributed by atoms with van der Waals surface area (Å²) in [5.41, 5.74) is -0.0720. The van der Waals surface area contributed by atoms with Gasteiger partial charge in [-0.05, 0) is 17.5 Å². The molecule has 0 saturated heterocycles. The summed E-state index contributed by atoms with van der Waals surface area (Å²) in [5.74, 6) is -0.290. The van der Waals surface area contributed by atoms with Crippen LogP contribution in [0.4, 0.5) is 0 Å². The van der Waals surface area contributed by atoms with E-state index in [0.29, 0.717) is 12.4 Å². The number of aromatic hydroxyl groups is 2. The zero-order valence-electron chi connectivity index (χ0n) is 9.83. The summed E-state index contributed by atoms with van der Waals surface area (Å²) < 4.78 is 0. The Labute approximate surface area is 105 Å². The molecule has 0 aliphatic heterocycles. The Morgan fingerprint density at radius 1 is 1.41 bits per heavy atom. The third-order valence-electron chi connectivity index (χ3n) is 2.32. The standard InChI is InChI=1S/C12H16ClNO3/c1-12(2,6-13)7-14-11(17)9-4-3-8(15)5-10(9)16/h3-5,15-16H,6-7H2,1-2H3,(H,14,17). The number of carbonyl (C=O) groups excluding carboxylic acids is 1. The number of hydrogen-bond acceptors (Lipinski definition) is 3. The second-order valence-corrected chi connectivity index (χ2v) is 4.95. The molecule has 1 aromatic rings. The van der Waals surface area contributed by atoms with Crippen molar-refractivity contribution >= 4 is 17.5 Å². The number of benzene rings is 1. The van der Waals surface area contributed by atoms with Crippen LogP contribution in [0.25, 0.3) is 0 Å². The van der Waals surface area contributed by atoms with Crippen LogP contribution in [0.1, 0.15) is 24.2 Å². The Bertz CT molecular complexity index is 418. The van der Waals surface area contributed by atoms with E-state index in [1.54, 1.807) is 0 Å². The van der Waals surface area contributed by atoms with Gasteiger partial charge in [-0.1, -0.05) is 13.8 Å². The second kappa shape index (κ2) is 5.27. The Hall–Kier alpha value is -1.42. The Kier molecular flexibility index (Phi) is 4.23. The van der Waals surface area contributed by atoms with Crippen LogP contribution in [0.3, 0.4) is 0 Å². The molecule has 1 amide bonds. The molecule has 0 aliphatic rings. The molecule has 0 atom stereocenters. The van der Waals surface area contributed by atoms with Gasteiger partial charge in [0.1, 0.15) is 11.5 Å². The summed E-state index contributed by atoms with van der Waals surface area (Å²) in [6.07, 6.45) is 0. The van der Waals surface area contributed by atoms with Gasteiger partial charge in [0.05, 0.1) is 5.56 Å². The SMILES string of the molecule is CC(C)(CCl)CNC(=O)c1ccc(O)cc1O. The number of halogens is 1. The van der Waals surface area contributed by atoms with Crippen molar-refractivity contribution in [3.05, 3.63) is 23.8 Å². The number of phenols is 2. The molecule has 1 rings (SSSR count). The van der Waals surface area contributed by atoms with Crippen molar-refractivity contribution in [2.45, 2.75) is 13.8 Å². The van der Waals surface area contributed by atoms with Gasteiger partial charge in [-0.3, -0.25) is 4.79 Å². The molecule has 0 bridgehead atoms. The number of rotatable bonds is 4. The number of alkyl halides is 1. The molecule has 0 spiro atoms. The molecule has 0 fully saturated rings. The van der Waals surface area contributed by atoms with Crippen LogP contribution < -0.4 is 5.32 Å². The fraction of sp³-hybridized carbons (Fsp3) is 0.417. The highest BCUT2D eigenvalue weighted by Crippen LogP contribution is 2.23. The minimum Gasteiger partial charge on any atom is -0.508 e. The van der Waals surface area contributed by atoms with Gasteiger partial charge in [0.25, 0.3) is 5.91 Å². The monoisotopic (exact) mass is 257 g/mol. The Morgan fingerprint density at radius 2 is 2.06 bits per heavy atom. The van der Waals surface area contributed by atoms with Crippen molar-refractivity contribution in [1.29, 1.82) is 0 Å². The Balaban J connectivity index is 2.71. The van der Waals surface area contributed by atoms with Crippen molar-refractivity contribution in [1.82, 2.24) is 5.32 Å². The van der Waals surface area contributed by atoms with Gasteiger partial charge >= 0.3 is 0 Å². The van der Waals surface area contributed by atoms with E-state index in [9.17, 15) is 9.90 Å². The first kappa shape index (κ1) is 13.6. The van der Waals surface area contributed by atoms with Crippen molar-refractivity contribution < 1.29 is 15.0 Å². The lowest BCUT2D eigenvalue weighted by molar-refractivity contribution is 0.0937. The summed E-state index contributed by atoms with van der Waals surface area (Å²) in [6, 6.07) is 3.84. The molecule has 0 radical (unpaired) electrons. The molecule has 0 aliphatic carbocycles. The van der Waals surface area contributed by atoms with E-state index in [2.05, 4.69) is 5.32 Å². The number of hydrogen-bond donors (Lipinski definition) is 3. The third-order valence-corrected chi connectivity index (χ3v) is 3.04. The van der Waals surface area contributed by atoms with E-state index in [0.717, 1.165) is 6.07 Å². The van der Waals surface area contributed by atoms with Crippen LogP contribution in [0.5, 0.6) is 11.5 Å². The fourth-order valence-electron chi connectivity index (χ4n) is 1.17. The van der Waals surface area contributed by atoms with Gasteiger partial charge in [-0.15, -0.1) is 11.6 Å². The van der Waals surface area contributed by atoms with E-state index >= 15 is 0 Å². The van der Waals surface area contributed by atoms with Crippen LogP contribution >= 0.6 is 11.6 Å². The molecule has 17 heavy (non-hydrogen) atoms. The Morgan fingerprint density at radius 3 is 2.59 bits per heavy atom. The van der Waals surface area contributed by atoms with Crippen LogP contribution in [-0.2, 0) is 0 Å². The molecular weight excluding hydrogens is 242 g/mol. The molecule has 0 heterocycles. The minimum absolute atomic E-state index is 0.0832. The second-order valence-electron chi connectivity index (χ2n) is 4.68. The fourth-order valence-corrected chi connectivity index (χ4v) is 1.27. The summed E-state index contributed by atoms with van der Waals surface area (Å²) >= 11 is 5.74. The summed E-state index contributed by atoms with van der Waals surface area (Å²) in [7, 11) is 0.